The summed E-state index contributed by atoms with van der Waals surface area (Å²) < 4.78 is 5.22. The summed E-state index contributed by atoms with van der Waals surface area (Å²) in [7, 11) is 3.38. The Morgan fingerprint density at radius 2 is 2.04 bits per heavy atom. The molecule has 6 nitrogen and oxygen atoms in total. The molecule has 1 fully saturated rings. The predicted octanol–water partition coefficient (Wildman–Crippen LogP) is 2.20. The fourth-order valence-electron chi connectivity index (χ4n) is 3.03. The molecule has 0 heterocycles. The van der Waals surface area contributed by atoms with E-state index in [-0.39, 0.29) is 5.91 Å². The zero-order chi connectivity index (χ0) is 17.9. The number of benzene rings is 1. The standard InChI is InChI=1S/C19H30N4O2/c1-20-19(22-14-15-7-6-10-17(13-15)25-2)21-12-11-18(24)23-16-8-4-3-5-9-16/h6-7,10,13,16H,3-5,8-9,11-12,14H2,1-2H3,(H,23,24)(H2,20,21,22). The highest BCUT2D eigenvalue weighted by Gasteiger charge is 2.15. The normalized spacial score (nSPS) is 15.5. The van der Waals surface area contributed by atoms with Gasteiger partial charge in [0.15, 0.2) is 5.96 Å². The Morgan fingerprint density at radius 1 is 1.24 bits per heavy atom. The Labute approximate surface area is 150 Å². The number of carbonyl (C=O) groups excluding carboxylic acids is 1. The number of guanidine groups is 1. The van der Waals surface area contributed by atoms with Crippen molar-refractivity contribution in [3.8, 4) is 5.75 Å². The molecule has 2 rings (SSSR count). The molecule has 1 saturated carbocycles. The van der Waals surface area contributed by atoms with Crippen LogP contribution in [0.2, 0.25) is 0 Å². The number of hydrogen-bond donors (Lipinski definition) is 3. The molecule has 0 radical (unpaired) electrons. The summed E-state index contributed by atoms with van der Waals surface area (Å²) in [6.45, 7) is 1.21. The lowest BCUT2D eigenvalue weighted by atomic mass is 9.95. The van der Waals surface area contributed by atoms with Crippen molar-refractivity contribution in [2.75, 3.05) is 20.7 Å². The quantitative estimate of drug-likeness (QED) is 0.523. The van der Waals surface area contributed by atoms with E-state index in [1.165, 1.54) is 19.3 Å². The van der Waals surface area contributed by atoms with Crippen molar-refractivity contribution in [2.24, 2.45) is 4.99 Å². The van der Waals surface area contributed by atoms with Gasteiger partial charge in [0.05, 0.1) is 7.11 Å². The summed E-state index contributed by atoms with van der Waals surface area (Å²) in [5.41, 5.74) is 1.11. The van der Waals surface area contributed by atoms with Gasteiger partial charge in [-0.2, -0.15) is 0 Å². The Balaban J connectivity index is 1.66. The van der Waals surface area contributed by atoms with Crippen molar-refractivity contribution >= 4 is 11.9 Å². The Morgan fingerprint density at radius 3 is 2.76 bits per heavy atom. The maximum absolute atomic E-state index is 12.0. The third-order valence-corrected chi connectivity index (χ3v) is 4.43. The van der Waals surface area contributed by atoms with Crippen LogP contribution in [-0.4, -0.2) is 38.6 Å². The SMILES string of the molecule is CN=C(NCCC(=O)NC1CCCCC1)NCc1cccc(OC)c1. The van der Waals surface area contributed by atoms with Crippen molar-refractivity contribution in [1.29, 1.82) is 0 Å². The van der Waals surface area contributed by atoms with E-state index >= 15 is 0 Å². The van der Waals surface area contributed by atoms with Gasteiger partial charge in [-0.3, -0.25) is 9.79 Å². The lowest BCUT2D eigenvalue weighted by molar-refractivity contribution is -0.121. The zero-order valence-electron chi connectivity index (χ0n) is 15.3. The summed E-state index contributed by atoms with van der Waals surface area (Å²) in [4.78, 5) is 16.2. The number of amides is 1. The molecule has 0 aliphatic heterocycles. The van der Waals surface area contributed by atoms with Gasteiger partial charge in [-0.05, 0) is 30.5 Å². The summed E-state index contributed by atoms with van der Waals surface area (Å²) in [5.74, 6) is 1.64. The van der Waals surface area contributed by atoms with Crippen molar-refractivity contribution in [1.82, 2.24) is 16.0 Å². The van der Waals surface area contributed by atoms with Crippen LogP contribution in [0, 0.1) is 0 Å². The molecule has 1 amide bonds. The number of hydrogen-bond acceptors (Lipinski definition) is 3. The number of rotatable bonds is 7. The molecule has 0 unspecified atom stereocenters. The second-order valence-electron chi connectivity index (χ2n) is 6.36. The minimum atomic E-state index is 0.114. The maximum atomic E-state index is 12.0. The van der Waals surface area contributed by atoms with Crippen LogP contribution in [0.5, 0.6) is 5.75 Å². The van der Waals surface area contributed by atoms with E-state index in [1.807, 2.05) is 24.3 Å². The van der Waals surface area contributed by atoms with Crippen molar-refractivity contribution in [2.45, 2.75) is 51.1 Å². The highest BCUT2D eigenvalue weighted by atomic mass is 16.5. The molecular weight excluding hydrogens is 316 g/mol. The van der Waals surface area contributed by atoms with Gasteiger partial charge in [-0.25, -0.2) is 0 Å². The molecule has 6 heteroatoms. The summed E-state index contributed by atoms with van der Waals surface area (Å²) in [6, 6.07) is 8.26. The number of nitrogens with one attached hydrogen (secondary N) is 3. The van der Waals surface area contributed by atoms with E-state index < -0.39 is 0 Å². The molecule has 138 valence electrons. The lowest BCUT2D eigenvalue weighted by Gasteiger charge is -2.22. The van der Waals surface area contributed by atoms with E-state index in [1.54, 1.807) is 14.2 Å². The highest BCUT2D eigenvalue weighted by molar-refractivity contribution is 5.81. The Hall–Kier alpha value is -2.24. The second-order valence-corrected chi connectivity index (χ2v) is 6.36. The Bertz CT molecular complexity index is 568. The zero-order valence-corrected chi connectivity index (χ0v) is 15.3. The van der Waals surface area contributed by atoms with Crippen LogP contribution in [0.4, 0.5) is 0 Å². The van der Waals surface area contributed by atoms with Crippen LogP contribution in [0.25, 0.3) is 0 Å². The van der Waals surface area contributed by atoms with E-state index in [2.05, 4.69) is 20.9 Å². The second kappa shape index (κ2) is 10.6. The average molecular weight is 346 g/mol. The number of methoxy groups -OCH3 is 1. The van der Waals surface area contributed by atoms with Crippen LogP contribution in [0.3, 0.4) is 0 Å². The van der Waals surface area contributed by atoms with Gasteiger partial charge in [-0.15, -0.1) is 0 Å². The highest BCUT2D eigenvalue weighted by Crippen LogP contribution is 2.17. The molecular formula is C19H30N4O2. The molecule has 1 aromatic carbocycles. The summed E-state index contributed by atoms with van der Waals surface area (Å²) >= 11 is 0. The van der Waals surface area contributed by atoms with Gasteiger partial charge in [0, 0.05) is 32.6 Å². The molecule has 25 heavy (non-hydrogen) atoms. The minimum Gasteiger partial charge on any atom is -0.497 e. The van der Waals surface area contributed by atoms with Gasteiger partial charge >= 0.3 is 0 Å². The van der Waals surface area contributed by atoms with E-state index in [9.17, 15) is 4.79 Å². The smallest absolute Gasteiger partial charge is 0.221 e. The first-order chi connectivity index (χ1) is 12.2. The first-order valence-electron chi connectivity index (χ1n) is 9.08. The van der Waals surface area contributed by atoms with Crippen LogP contribution >= 0.6 is 0 Å². The van der Waals surface area contributed by atoms with Gasteiger partial charge in [-0.1, -0.05) is 31.4 Å². The van der Waals surface area contributed by atoms with E-state index in [0.29, 0.717) is 31.5 Å². The van der Waals surface area contributed by atoms with E-state index in [4.69, 9.17) is 4.74 Å². The third kappa shape index (κ3) is 7.03. The minimum absolute atomic E-state index is 0.114. The fourth-order valence-corrected chi connectivity index (χ4v) is 3.03. The molecule has 0 atom stereocenters. The first-order valence-corrected chi connectivity index (χ1v) is 9.08. The van der Waals surface area contributed by atoms with Gasteiger partial charge < -0.3 is 20.7 Å². The van der Waals surface area contributed by atoms with Crippen LogP contribution in [0.1, 0.15) is 44.1 Å². The van der Waals surface area contributed by atoms with Gasteiger partial charge in [0.25, 0.3) is 0 Å². The topological polar surface area (TPSA) is 74.8 Å². The molecule has 3 N–H and O–H groups in total. The third-order valence-electron chi connectivity index (χ3n) is 4.43. The number of ether oxygens (including phenoxy) is 1. The molecule has 0 bridgehead atoms. The lowest BCUT2D eigenvalue weighted by Crippen LogP contribution is -2.41. The van der Waals surface area contributed by atoms with Gasteiger partial charge in [0.1, 0.15) is 5.75 Å². The predicted molar refractivity (Wildman–Crippen MR) is 101 cm³/mol. The molecule has 0 spiro atoms. The number of aliphatic imine (C=N–C) groups is 1. The molecule has 1 aromatic rings. The van der Waals surface area contributed by atoms with Gasteiger partial charge in [0.2, 0.25) is 5.91 Å². The molecule has 0 aromatic heterocycles. The molecule has 1 aliphatic rings. The van der Waals surface area contributed by atoms with Crippen LogP contribution in [0.15, 0.2) is 29.3 Å². The molecule has 0 saturated heterocycles. The summed E-state index contributed by atoms with van der Waals surface area (Å²) in [5, 5.41) is 9.55. The maximum Gasteiger partial charge on any atom is 0.221 e. The monoisotopic (exact) mass is 346 g/mol. The van der Waals surface area contributed by atoms with Crippen LogP contribution < -0.4 is 20.7 Å². The van der Waals surface area contributed by atoms with E-state index in [0.717, 1.165) is 24.2 Å². The van der Waals surface area contributed by atoms with Crippen molar-refractivity contribution in [3.05, 3.63) is 29.8 Å². The van der Waals surface area contributed by atoms with Crippen LogP contribution in [-0.2, 0) is 11.3 Å². The molecule has 1 aliphatic carbocycles. The number of carbonyl (C=O) groups is 1. The number of nitrogens with zero attached hydrogens (tertiary/aromatic N) is 1. The fraction of sp³-hybridized carbons (Fsp3) is 0.579. The first kappa shape index (κ1) is 19.1. The van der Waals surface area contributed by atoms with Crippen molar-refractivity contribution < 1.29 is 9.53 Å². The Kier molecular flexibility index (Phi) is 8.09. The summed E-state index contributed by atoms with van der Waals surface area (Å²) in [6.07, 6.45) is 6.43. The average Bonchev–Trinajstić information content (AvgIpc) is 2.65. The largest absolute Gasteiger partial charge is 0.497 e. The van der Waals surface area contributed by atoms with Crippen molar-refractivity contribution in [3.63, 3.8) is 0 Å².